The summed E-state index contributed by atoms with van der Waals surface area (Å²) in [5, 5.41) is 0.785. The van der Waals surface area contributed by atoms with Crippen LogP contribution in [0.15, 0.2) is 53.5 Å². The van der Waals surface area contributed by atoms with Gasteiger partial charge in [-0.15, -0.1) is 0 Å². The van der Waals surface area contributed by atoms with Gasteiger partial charge in [0.15, 0.2) is 6.10 Å². The lowest BCUT2D eigenvalue weighted by molar-refractivity contribution is 0.0319. The molecule has 152 valence electrons. The highest BCUT2D eigenvalue weighted by molar-refractivity contribution is 6.10. The molecule has 7 heteroatoms. The lowest BCUT2D eigenvalue weighted by Crippen LogP contribution is -2.25. The van der Waals surface area contributed by atoms with E-state index in [-0.39, 0.29) is 16.9 Å². The largest absolute Gasteiger partial charge is 0.451 e. The molecule has 1 atom stereocenters. The van der Waals surface area contributed by atoms with Gasteiger partial charge in [-0.3, -0.25) is 9.59 Å². The molecule has 0 saturated carbocycles. The van der Waals surface area contributed by atoms with Gasteiger partial charge in [-0.2, -0.15) is 0 Å². The van der Waals surface area contributed by atoms with Crippen LogP contribution in [-0.2, 0) is 11.3 Å². The van der Waals surface area contributed by atoms with Crippen LogP contribution in [0, 0.1) is 6.92 Å². The number of nitrogens with one attached hydrogen (secondary N) is 1. The molecule has 0 fully saturated rings. The number of ether oxygens (including phenoxy) is 1. The second-order valence-electron chi connectivity index (χ2n) is 7.11. The number of aromatic amines is 1. The molecule has 2 heterocycles. The van der Waals surface area contributed by atoms with Crippen molar-refractivity contribution in [2.45, 2.75) is 33.4 Å². The summed E-state index contributed by atoms with van der Waals surface area (Å²) in [6, 6.07) is 12.3. The topological polar surface area (TPSA) is 94.0 Å². The van der Waals surface area contributed by atoms with Gasteiger partial charge < -0.3 is 14.3 Å². The average Bonchev–Trinajstić information content (AvgIpc) is 3.18. The highest BCUT2D eigenvalue weighted by Crippen LogP contribution is 2.21. The summed E-state index contributed by atoms with van der Waals surface area (Å²) in [5.41, 5.74) is 2.97. The Morgan fingerprint density at radius 2 is 1.97 bits per heavy atom. The van der Waals surface area contributed by atoms with Crippen LogP contribution < -0.4 is 5.56 Å². The minimum atomic E-state index is -0.952. The smallest absolute Gasteiger partial charge is 0.338 e. The van der Waals surface area contributed by atoms with E-state index in [2.05, 4.69) is 9.97 Å². The predicted octanol–water partition coefficient (Wildman–Crippen LogP) is 3.63. The molecular weight excluding hydrogens is 382 g/mol. The molecular formula is C23H21N3O4. The van der Waals surface area contributed by atoms with Crippen molar-refractivity contribution in [3.05, 3.63) is 75.8 Å². The minimum Gasteiger partial charge on any atom is -0.451 e. The SMILES string of the molecule is CCn1c(=O)c(C)nc2cc(C(=O)O[C@H](C)C(=O)c3c[nH]c4ccccc34)ccc21. The Kier molecular flexibility index (Phi) is 4.95. The van der Waals surface area contributed by atoms with E-state index in [1.807, 2.05) is 31.2 Å². The molecule has 1 N–H and O–H groups in total. The highest BCUT2D eigenvalue weighted by atomic mass is 16.5. The highest BCUT2D eigenvalue weighted by Gasteiger charge is 2.23. The Labute approximate surface area is 172 Å². The molecule has 0 spiro atoms. The van der Waals surface area contributed by atoms with Crippen molar-refractivity contribution in [1.82, 2.24) is 14.5 Å². The lowest BCUT2D eigenvalue weighted by atomic mass is 10.1. The maximum Gasteiger partial charge on any atom is 0.338 e. The third kappa shape index (κ3) is 3.28. The number of ketones is 1. The number of carbonyl (C=O) groups excluding carboxylic acids is 2. The van der Waals surface area contributed by atoms with Crippen molar-refractivity contribution in [3.8, 4) is 0 Å². The minimum absolute atomic E-state index is 0.154. The van der Waals surface area contributed by atoms with E-state index < -0.39 is 12.1 Å². The Balaban J connectivity index is 1.60. The van der Waals surface area contributed by atoms with Gasteiger partial charge >= 0.3 is 5.97 Å². The number of aromatic nitrogens is 3. The molecule has 2 aromatic carbocycles. The first-order valence-electron chi connectivity index (χ1n) is 9.73. The Morgan fingerprint density at radius 3 is 2.73 bits per heavy atom. The molecule has 0 saturated heterocycles. The maximum atomic E-state index is 12.8. The van der Waals surface area contributed by atoms with Crippen molar-refractivity contribution < 1.29 is 14.3 Å². The normalized spacial score (nSPS) is 12.2. The van der Waals surface area contributed by atoms with E-state index in [0.29, 0.717) is 28.8 Å². The number of hydrogen-bond donors (Lipinski definition) is 1. The second-order valence-corrected chi connectivity index (χ2v) is 7.11. The van der Waals surface area contributed by atoms with Crippen molar-refractivity contribution in [2.75, 3.05) is 0 Å². The second kappa shape index (κ2) is 7.59. The van der Waals surface area contributed by atoms with Gasteiger partial charge in [0.25, 0.3) is 5.56 Å². The van der Waals surface area contributed by atoms with Crippen LogP contribution in [-0.4, -0.2) is 32.4 Å². The predicted molar refractivity (Wildman–Crippen MR) is 114 cm³/mol. The number of Topliss-reactive ketones (excluding diaryl/α,β-unsaturated/α-hetero) is 1. The number of esters is 1. The zero-order chi connectivity index (χ0) is 21.4. The van der Waals surface area contributed by atoms with Crippen molar-refractivity contribution in [3.63, 3.8) is 0 Å². The van der Waals surface area contributed by atoms with Gasteiger partial charge in [-0.1, -0.05) is 18.2 Å². The third-order valence-electron chi connectivity index (χ3n) is 5.17. The zero-order valence-corrected chi connectivity index (χ0v) is 16.9. The molecule has 7 nitrogen and oxygen atoms in total. The summed E-state index contributed by atoms with van der Waals surface area (Å²) in [6.07, 6.45) is 0.677. The van der Waals surface area contributed by atoms with Gasteiger partial charge in [0, 0.05) is 29.2 Å². The first kappa shape index (κ1) is 19.6. The molecule has 0 unspecified atom stereocenters. The molecule has 0 amide bonds. The van der Waals surface area contributed by atoms with Gasteiger partial charge in [-0.05, 0) is 45.0 Å². The van der Waals surface area contributed by atoms with E-state index >= 15 is 0 Å². The number of hydrogen-bond acceptors (Lipinski definition) is 5. The number of rotatable bonds is 5. The summed E-state index contributed by atoms with van der Waals surface area (Å²) in [5.74, 6) is -0.901. The van der Waals surface area contributed by atoms with Crippen molar-refractivity contribution in [2.24, 2.45) is 0 Å². The summed E-state index contributed by atoms with van der Waals surface area (Å²) in [4.78, 5) is 45.1. The third-order valence-corrected chi connectivity index (χ3v) is 5.17. The fourth-order valence-corrected chi connectivity index (χ4v) is 3.59. The van der Waals surface area contributed by atoms with Crippen LogP contribution in [0.25, 0.3) is 21.9 Å². The summed E-state index contributed by atoms with van der Waals surface area (Å²) in [6.45, 7) is 5.57. The molecule has 0 aliphatic heterocycles. The number of nitrogens with zero attached hydrogens (tertiary/aromatic N) is 2. The van der Waals surface area contributed by atoms with Crippen LogP contribution in [0.2, 0.25) is 0 Å². The average molecular weight is 403 g/mol. The molecule has 4 rings (SSSR count). The summed E-state index contributed by atoms with van der Waals surface area (Å²) in [7, 11) is 0. The molecule has 0 radical (unpaired) electrons. The van der Waals surface area contributed by atoms with Gasteiger partial charge in [0.05, 0.1) is 16.6 Å². The Bertz CT molecular complexity index is 1350. The van der Waals surface area contributed by atoms with Gasteiger partial charge in [-0.25, -0.2) is 9.78 Å². The van der Waals surface area contributed by atoms with E-state index in [9.17, 15) is 14.4 Å². The van der Waals surface area contributed by atoms with Crippen LogP contribution in [0.3, 0.4) is 0 Å². The number of benzene rings is 2. The molecule has 0 bridgehead atoms. The van der Waals surface area contributed by atoms with E-state index in [1.165, 1.54) is 0 Å². The number of aryl methyl sites for hydroxylation is 2. The van der Waals surface area contributed by atoms with Crippen molar-refractivity contribution in [1.29, 1.82) is 0 Å². The molecule has 2 aromatic heterocycles. The fourth-order valence-electron chi connectivity index (χ4n) is 3.59. The van der Waals surface area contributed by atoms with E-state index in [1.54, 1.807) is 42.8 Å². The first-order valence-corrected chi connectivity index (χ1v) is 9.73. The standard InChI is InChI=1S/C23H21N3O4/c1-4-26-20-10-9-15(11-19(20)25-13(2)22(26)28)23(29)30-14(3)21(27)17-12-24-18-8-6-5-7-16(17)18/h5-12,14,24H,4H2,1-3H3/t14-/m1/s1. The molecule has 30 heavy (non-hydrogen) atoms. The summed E-state index contributed by atoms with van der Waals surface area (Å²) < 4.78 is 7.04. The molecule has 0 aliphatic rings. The number of H-pyrrole nitrogens is 1. The Hall–Kier alpha value is -3.74. The van der Waals surface area contributed by atoms with Gasteiger partial charge in [0.1, 0.15) is 5.69 Å². The van der Waals surface area contributed by atoms with Crippen LogP contribution in [0.1, 0.15) is 40.3 Å². The molecule has 4 aromatic rings. The lowest BCUT2D eigenvalue weighted by Gasteiger charge is -2.13. The van der Waals surface area contributed by atoms with E-state index in [4.69, 9.17) is 4.74 Å². The van der Waals surface area contributed by atoms with Crippen LogP contribution >= 0.6 is 0 Å². The quantitative estimate of drug-likeness (QED) is 0.406. The number of para-hydroxylation sites is 1. The van der Waals surface area contributed by atoms with Gasteiger partial charge in [0.2, 0.25) is 5.78 Å². The fraction of sp³-hybridized carbons (Fsp3) is 0.217. The maximum absolute atomic E-state index is 12.8. The van der Waals surface area contributed by atoms with Crippen molar-refractivity contribution >= 4 is 33.7 Å². The number of fused-ring (bicyclic) bond motifs is 2. The molecule has 0 aliphatic carbocycles. The van der Waals surface area contributed by atoms with E-state index in [0.717, 1.165) is 10.9 Å². The Morgan fingerprint density at radius 1 is 1.20 bits per heavy atom. The summed E-state index contributed by atoms with van der Waals surface area (Å²) >= 11 is 0. The van der Waals surface area contributed by atoms with Crippen LogP contribution in [0.5, 0.6) is 0 Å². The first-order chi connectivity index (χ1) is 14.4. The zero-order valence-electron chi connectivity index (χ0n) is 16.9. The monoisotopic (exact) mass is 403 g/mol. The number of carbonyl (C=O) groups is 2. The van der Waals surface area contributed by atoms with Crippen LogP contribution in [0.4, 0.5) is 0 Å².